The van der Waals surface area contributed by atoms with E-state index in [0.29, 0.717) is 11.4 Å². The maximum absolute atomic E-state index is 12.4. The van der Waals surface area contributed by atoms with Crippen LogP contribution < -0.4 is 5.32 Å². The van der Waals surface area contributed by atoms with Crippen LogP contribution in [0.4, 0.5) is 0 Å². The van der Waals surface area contributed by atoms with Crippen molar-refractivity contribution >= 4 is 21.4 Å². The van der Waals surface area contributed by atoms with Crippen molar-refractivity contribution in [3.63, 3.8) is 0 Å². The maximum Gasteiger partial charge on any atom is 0.242 e. The molecule has 3 aromatic rings. The Balaban J connectivity index is 1.83. The van der Waals surface area contributed by atoms with Gasteiger partial charge in [0.2, 0.25) is 10.0 Å². The predicted octanol–water partition coefficient (Wildman–Crippen LogP) is 4.44. The molecule has 6 heteroatoms. The van der Waals surface area contributed by atoms with Gasteiger partial charge in [-0.15, -0.1) is 11.3 Å². The highest BCUT2D eigenvalue weighted by Crippen LogP contribution is 2.27. The molecule has 0 aliphatic carbocycles. The number of nitrogens with one attached hydrogen (secondary N) is 1. The molecule has 28 heavy (non-hydrogen) atoms. The molecule has 0 saturated heterocycles. The Morgan fingerprint density at radius 1 is 1.00 bits per heavy atom. The second-order valence-corrected chi connectivity index (χ2v) is 9.99. The monoisotopic (exact) mass is 414 g/mol. The van der Waals surface area contributed by atoms with Crippen molar-refractivity contribution in [1.29, 1.82) is 0 Å². The molecule has 0 bridgehead atoms. The van der Waals surface area contributed by atoms with Crippen LogP contribution in [0, 0.1) is 0 Å². The van der Waals surface area contributed by atoms with Crippen molar-refractivity contribution < 1.29 is 8.42 Å². The fourth-order valence-corrected chi connectivity index (χ4v) is 4.83. The molecule has 0 amide bonds. The van der Waals surface area contributed by atoms with Crippen molar-refractivity contribution in [2.75, 3.05) is 14.1 Å². The van der Waals surface area contributed by atoms with Gasteiger partial charge in [-0.05, 0) is 46.7 Å². The minimum atomic E-state index is -3.43. The summed E-state index contributed by atoms with van der Waals surface area (Å²) in [6.45, 7) is 2.73. The first-order chi connectivity index (χ1) is 13.4. The number of hydrogen-bond acceptors (Lipinski definition) is 4. The van der Waals surface area contributed by atoms with Gasteiger partial charge in [-0.25, -0.2) is 12.7 Å². The summed E-state index contributed by atoms with van der Waals surface area (Å²) in [6, 6.07) is 20.1. The molecule has 1 atom stereocenters. The molecule has 1 heterocycles. The van der Waals surface area contributed by atoms with Gasteiger partial charge in [-0.3, -0.25) is 0 Å². The van der Waals surface area contributed by atoms with E-state index in [9.17, 15) is 8.42 Å². The van der Waals surface area contributed by atoms with E-state index in [1.165, 1.54) is 20.3 Å². The van der Waals surface area contributed by atoms with Crippen LogP contribution >= 0.6 is 11.3 Å². The van der Waals surface area contributed by atoms with E-state index in [2.05, 4.69) is 54.0 Å². The van der Waals surface area contributed by atoms with Crippen LogP contribution in [-0.2, 0) is 23.0 Å². The number of sulfonamides is 1. The summed E-state index contributed by atoms with van der Waals surface area (Å²) in [5, 5.41) is 5.68. The lowest BCUT2D eigenvalue weighted by Crippen LogP contribution is -2.23. The lowest BCUT2D eigenvalue weighted by molar-refractivity contribution is 0.520. The molecule has 1 unspecified atom stereocenters. The highest BCUT2D eigenvalue weighted by Gasteiger charge is 2.18. The molecule has 0 saturated carbocycles. The highest BCUT2D eigenvalue weighted by molar-refractivity contribution is 7.89. The zero-order valence-corrected chi connectivity index (χ0v) is 18.1. The molecule has 0 radical (unpaired) electrons. The number of benzene rings is 2. The Bertz CT molecular complexity index is 995. The fourth-order valence-electron chi connectivity index (χ4n) is 3.03. The van der Waals surface area contributed by atoms with Gasteiger partial charge >= 0.3 is 0 Å². The molecule has 0 aliphatic heterocycles. The van der Waals surface area contributed by atoms with Crippen molar-refractivity contribution in [2.24, 2.45) is 0 Å². The summed E-state index contributed by atoms with van der Waals surface area (Å²) < 4.78 is 26.0. The largest absolute Gasteiger partial charge is 0.301 e. The van der Waals surface area contributed by atoms with Gasteiger partial charge in [-0.1, -0.05) is 49.4 Å². The number of aryl methyl sites for hydroxylation is 1. The van der Waals surface area contributed by atoms with E-state index in [-0.39, 0.29) is 6.04 Å². The third kappa shape index (κ3) is 4.70. The average Bonchev–Trinajstić information content (AvgIpc) is 3.23. The van der Waals surface area contributed by atoms with Crippen LogP contribution in [0.25, 0.3) is 0 Å². The van der Waals surface area contributed by atoms with Crippen molar-refractivity contribution in [1.82, 2.24) is 9.62 Å². The Hall–Kier alpha value is -1.99. The minimum absolute atomic E-state index is 0.0695. The van der Waals surface area contributed by atoms with Gasteiger partial charge in [0.15, 0.2) is 0 Å². The molecule has 0 fully saturated rings. The topological polar surface area (TPSA) is 49.4 Å². The molecule has 0 aliphatic rings. The standard InChI is InChI=1S/C22H26N2O2S2/c1-4-17-10-12-19(13-11-17)22(21-9-6-14-27-21)23-16-18-7-5-8-20(15-18)28(25,26)24(2)3/h5-15,22-23H,4,16H2,1-3H3. The van der Waals surface area contributed by atoms with Crippen LogP contribution in [0.2, 0.25) is 0 Å². The second-order valence-electron chi connectivity index (χ2n) is 6.86. The Kier molecular flexibility index (Phi) is 6.67. The van der Waals surface area contributed by atoms with Gasteiger partial charge in [0.25, 0.3) is 0 Å². The van der Waals surface area contributed by atoms with E-state index in [0.717, 1.165) is 12.0 Å². The van der Waals surface area contributed by atoms with Gasteiger partial charge in [0.05, 0.1) is 10.9 Å². The summed E-state index contributed by atoms with van der Waals surface area (Å²) in [5.74, 6) is 0. The molecule has 2 aromatic carbocycles. The third-order valence-electron chi connectivity index (χ3n) is 4.74. The van der Waals surface area contributed by atoms with Crippen molar-refractivity contribution in [2.45, 2.75) is 30.8 Å². The second kappa shape index (κ2) is 9.01. The van der Waals surface area contributed by atoms with E-state index in [1.54, 1.807) is 43.6 Å². The van der Waals surface area contributed by atoms with Gasteiger partial charge < -0.3 is 5.32 Å². The highest BCUT2D eigenvalue weighted by atomic mass is 32.2. The van der Waals surface area contributed by atoms with E-state index in [4.69, 9.17) is 0 Å². The summed E-state index contributed by atoms with van der Waals surface area (Å²) in [5.41, 5.74) is 3.46. The molecule has 4 nitrogen and oxygen atoms in total. The van der Waals surface area contributed by atoms with E-state index < -0.39 is 10.0 Å². The Morgan fingerprint density at radius 2 is 1.75 bits per heavy atom. The number of rotatable bonds is 8. The van der Waals surface area contributed by atoms with Crippen LogP contribution in [-0.4, -0.2) is 26.8 Å². The first kappa shape index (κ1) is 20.7. The normalized spacial score (nSPS) is 13.0. The zero-order chi connectivity index (χ0) is 20.1. The molecule has 3 rings (SSSR count). The minimum Gasteiger partial charge on any atom is -0.301 e. The average molecular weight is 415 g/mol. The molecule has 1 N–H and O–H groups in total. The fraction of sp³-hybridized carbons (Fsp3) is 0.273. The molecule has 0 spiro atoms. The first-order valence-electron chi connectivity index (χ1n) is 9.29. The molecule has 1 aromatic heterocycles. The van der Waals surface area contributed by atoms with Gasteiger partial charge in [0, 0.05) is 25.5 Å². The van der Waals surface area contributed by atoms with Crippen molar-refractivity contribution in [3.8, 4) is 0 Å². The molecule has 148 valence electrons. The smallest absolute Gasteiger partial charge is 0.242 e. The summed E-state index contributed by atoms with van der Waals surface area (Å²) in [4.78, 5) is 1.55. The SMILES string of the molecule is CCc1ccc(C(NCc2cccc(S(=O)(=O)N(C)C)c2)c2cccs2)cc1. The quantitative estimate of drug-likeness (QED) is 0.593. The maximum atomic E-state index is 12.4. The van der Waals surface area contributed by atoms with Crippen LogP contribution in [0.1, 0.15) is 34.5 Å². The Morgan fingerprint density at radius 3 is 2.36 bits per heavy atom. The van der Waals surface area contributed by atoms with E-state index >= 15 is 0 Å². The number of nitrogens with zero attached hydrogens (tertiary/aromatic N) is 1. The summed E-state index contributed by atoms with van der Waals surface area (Å²) >= 11 is 1.72. The Labute approximate surface area is 171 Å². The van der Waals surface area contributed by atoms with Crippen LogP contribution in [0.3, 0.4) is 0 Å². The first-order valence-corrected chi connectivity index (χ1v) is 11.6. The predicted molar refractivity (Wildman–Crippen MR) is 116 cm³/mol. The summed E-state index contributed by atoms with van der Waals surface area (Å²) in [6.07, 6.45) is 1.02. The molecular weight excluding hydrogens is 388 g/mol. The van der Waals surface area contributed by atoms with Crippen LogP contribution in [0.5, 0.6) is 0 Å². The van der Waals surface area contributed by atoms with Gasteiger partial charge in [-0.2, -0.15) is 0 Å². The third-order valence-corrected chi connectivity index (χ3v) is 7.48. The number of hydrogen-bond donors (Lipinski definition) is 1. The lowest BCUT2D eigenvalue weighted by Gasteiger charge is -2.19. The lowest BCUT2D eigenvalue weighted by atomic mass is 10.0. The molecular formula is C22H26N2O2S2. The van der Waals surface area contributed by atoms with Gasteiger partial charge in [0.1, 0.15) is 0 Å². The van der Waals surface area contributed by atoms with Crippen molar-refractivity contribution in [3.05, 3.63) is 87.6 Å². The van der Waals surface area contributed by atoms with Crippen LogP contribution in [0.15, 0.2) is 70.9 Å². The zero-order valence-electron chi connectivity index (χ0n) is 16.4. The number of thiophene rings is 1. The summed E-state index contributed by atoms with van der Waals surface area (Å²) in [7, 11) is -0.336. The van der Waals surface area contributed by atoms with E-state index in [1.807, 2.05) is 6.07 Å².